The summed E-state index contributed by atoms with van der Waals surface area (Å²) in [5.74, 6) is 2.55. The maximum absolute atomic E-state index is 6.14. The van der Waals surface area contributed by atoms with Crippen LogP contribution in [-0.2, 0) is 17.9 Å². The Morgan fingerprint density at radius 3 is 3.00 bits per heavy atom. The van der Waals surface area contributed by atoms with Crippen LogP contribution in [0.2, 0.25) is 0 Å². The van der Waals surface area contributed by atoms with E-state index in [1.165, 1.54) is 37.7 Å². The Labute approximate surface area is 129 Å². The second-order valence-corrected chi connectivity index (χ2v) is 6.77. The Kier molecular flexibility index (Phi) is 6.78. The average Bonchev–Trinajstić information content (AvgIpc) is 2.92. The van der Waals surface area contributed by atoms with Crippen LogP contribution in [0.5, 0.6) is 0 Å². The van der Waals surface area contributed by atoms with Crippen LogP contribution >= 0.6 is 0 Å². The predicted octanol–water partition coefficient (Wildman–Crippen LogP) is 4.51. The van der Waals surface area contributed by atoms with Crippen LogP contribution in [0.4, 0.5) is 0 Å². The minimum Gasteiger partial charge on any atom is -0.468 e. The fraction of sp³-hybridized carbons (Fsp3) is 0.778. The van der Waals surface area contributed by atoms with E-state index in [-0.39, 0.29) is 0 Å². The van der Waals surface area contributed by atoms with E-state index in [0.717, 1.165) is 24.8 Å². The zero-order valence-electron chi connectivity index (χ0n) is 13.9. The number of hydrogen-bond donors (Lipinski definition) is 1. The van der Waals surface area contributed by atoms with Crippen LogP contribution < -0.4 is 5.32 Å². The minimum atomic E-state index is 0.440. The van der Waals surface area contributed by atoms with Crippen molar-refractivity contribution in [3.63, 3.8) is 0 Å². The van der Waals surface area contributed by atoms with E-state index in [2.05, 4.69) is 26.1 Å². The van der Waals surface area contributed by atoms with Gasteiger partial charge in [-0.2, -0.15) is 0 Å². The second kappa shape index (κ2) is 8.60. The summed E-state index contributed by atoms with van der Waals surface area (Å²) in [5, 5.41) is 3.43. The molecule has 0 aromatic carbocycles. The van der Waals surface area contributed by atoms with Crippen molar-refractivity contribution < 1.29 is 9.15 Å². The molecule has 0 bridgehead atoms. The summed E-state index contributed by atoms with van der Waals surface area (Å²) >= 11 is 0. The zero-order valence-corrected chi connectivity index (χ0v) is 13.9. The van der Waals surface area contributed by atoms with Crippen LogP contribution in [0.1, 0.15) is 64.2 Å². The van der Waals surface area contributed by atoms with Gasteiger partial charge in [-0.3, -0.25) is 0 Å². The SMILES string of the molecule is CCC1CCCC(OCc2ccoc2CNCC(C)C)C1. The fourth-order valence-electron chi connectivity index (χ4n) is 3.10. The number of nitrogens with one attached hydrogen (secondary N) is 1. The van der Waals surface area contributed by atoms with Gasteiger partial charge in [0, 0.05) is 5.56 Å². The molecule has 120 valence electrons. The first-order valence-corrected chi connectivity index (χ1v) is 8.56. The molecule has 1 aromatic rings. The van der Waals surface area contributed by atoms with E-state index < -0.39 is 0 Å². The van der Waals surface area contributed by atoms with E-state index >= 15 is 0 Å². The molecule has 3 nitrogen and oxygen atoms in total. The van der Waals surface area contributed by atoms with Gasteiger partial charge in [0.1, 0.15) is 5.76 Å². The molecule has 0 aliphatic heterocycles. The molecule has 0 saturated heterocycles. The summed E-state index contributed by atoms with van der Waals surface area (Å²) in [4.78, 5) is 0. The maximum atomic E-state index is 6.14. The van der Waals surface area contributed by atoms with Gasteiger partial charge in [-0.25, -0.2) is 0 Å². The van der Waals surface area contributed by atoms with Gasteiger partial charge < -0.3 is 14.5 Å². The van der Waals surface area contributed by atoms with Crippen molar-refractivity contribution in [2.75, 3.05) is 6.54 Å². The second-order valence-electron chi connectivity index (χ2n) is 6.77. The zero-order chi connectivity index (χ0) is 15.1. The lowest BCUT2D eigenvalue weighted by Crippen LogP contribution is -2.23. The lowest BCUT2D eigenvalue weighted by molar-refractivity contribution is 0.00118. The number of rotatable bonds is 8. The molecule has 1 N–H and O–H groups in total. The Balaban J connectivity index is 1.76. The van der Waals surface area contributed by atoms with Crippen molar-refractivity contribution in [2.45, 2.75) is 72.1 Å². The lowest BCUT2D eigenvalue weighted by atomic mass is 9.85. The van der Waals surface area contributed by atoms with E-state index in [9.17, 15) is 0 Å². The molecular formula is C18H31NO2. The van der Waals surface area contributed by atoms with Crippen molar-refractivity contribution in [2.24, 2.45) is 11.8 Å². The van der Waals surface area contributed by atoms with Gasteiger partial charge in [0.15, 0.2) is 0 Å². The first-order valence-electron chi connectivity index (χ1n) is 8.56. The molecule has 2 atom stereocenters. The molecule has 0 radical (unpaired) electrons. The Hall–Kier alpha value is -0.800. The van der Waals surface area contributed by atoms with Crippen molar-refractivity contribution in [1.29, 1.82) is 0 Å². The normalized spacial score (nSPS) is 22.9. The van der Waals surface area contributed by atoms with E-state index in [1.807, 2.05) is 6.07 Å². The molecule has 1 aromatic heterocycles. The summed E-state index contributed by atoms with van der Waals surface area (Å²) in [5.41, 5.74) is 1.20. The highest BCUT2D eigenvalue weighted by atomic mass is 16.5. The van der Waals surface area contributed by atoms with Gasteiger partial charge in [-0.05, 0) is 37.3 Å². The number of furan rings is 1. The molecule has 1 aliphatic rings. The first-order chi connectivity index (χ1) is 10.2. The van der Waals surface area contributed by atoms with Gasteiger partial charge >= 0.3 is 0 Å². The molecule has 1 fully saturated rings. The first kappa shape index (κ1) is 16.6. The largest absolute Gasteiger partial charge is 0.468 e. The van der Waals surface area contributed by atoms with Gasteiger partial charge in [-0.15, -0.1) is 0 Å². The molecule has 2 unspecified atom stereocenters. The third-order valence-corrected chi connectivity index (χ3v) is 4.46. The Bertz CT molecular complexity index is 400. The van der Waals surface area contributed by atoms with Gasteiger partial charge in [0.25, 0.3) is 0 Å². The number of ether oxygens (including phenoxy) is 1. The van der Waals surface area contributed by atoms with Crippen LogP contribution in [0, 0.1) is 11.8 Å². The quantitative estimate of drug-likeness (QED) is 0.765. The highest BCUT2D eigenvalue weighted by Gasteiger charge is 2.21. The summed E-state index contributed by atoms with van der Waals surface area (Å²) in [6.45, 7) is 9.23. The molecule has 0 amide bonds. The van der Waals surface area contributed by atoms with E-state index in [1.54, 1.807) is 6.26 Å². The molecule has 21 heavy (non-hydrogen) atoms. The molecule has 3 heteroatoms. The average molecular weight is 293 g/mol. The van der Waals surface area contributed by atoms with Gasteiger partial charge in [0.2, 0.25) is 0 Å². The van der Waals surface area contributed by atoms with E-state index in [0.29, 0.717) is 18.6 Å². The molecular weight excluding hydrogens is 262 g/mol. The van der Waals surface area contributed by atoms with Crippen LogP contribution in [0.3, 0.4) is 0 Å². The van der Waals surface area contributed by atoms with Crippen LogP contribution in [0.25, 0.3) is 0 Å². The molecule has 2 rings (SSSR count). The van der Waals surface area contributed by atoms with Crippen molar-refractivity contribution >= 4 is 0 Å². The highest BCUT2D eigenvalue weighted by molar-refractivity contribution is 5.15. The minimum absolute atomic E-state index is 0.440. The monoisotopic (exact) mass is 293 g/mol. The Morgan fingerprint density at radius 1 is 1.38 bits per heavy atom. The lowest BCUT2D eigenvalue weighted by Gasteiger charge is -2.28. The summed E-state index contributed by atoms with van der Waals surface area (Å²) in [6, 6.07) is 2.05. The summed E-state index contributed by atoms with van der Waals surface area (Å²) in [6.07, 6.45) is 8.65. The van der Waals surface area contributed by atoms with Crippen molar-refractivity contribution in [3.8, 4) is 0 Å². The van der Waals surface area contributed by atoms with Crippen LogP contribution in [0.15, 0.2) is 16.7 Å². The highest BCUT2D eigenvalue weighted by Crippen LogP contribution is 2.29. The standard InChI is InChI=1S/C18H31NO2/c1-4-15-6-5-7-17(10-15)21-13-16-8-9-20-18(16)12-19-11-14(2)3/h8-9,14-15,17,19H,4-7,10-13H2,1-3H3. The van der Waals surface area contributed by atoms with Crippen molar-refractivity contribution in [3.05, 3.63) is 23.7 Å². The van der Waals surface area contributed by atoms with Gasteiger partial charge in [-0.1, -0.05) is 40.0 Å². The van der Waals surface area contributed by atoms with E-state index in [4.69, 9.17) is 9.15 Å². The topological polar surface area (TPSA) is 34.4 Å². The number of hydrogen-bond acceptors (Lipinski definition) is 3. The van der Waals surface area contributed by atoms with Crippen LogP contribution in [-0.4, -0.2) is 12.6 Å². The van der Waals surface area contributed by atoms with Gasteiger partial charge in [0.05, 0.1) is 25.5 Å². The molecule has 1 heterocycles. The maximum Gasteiger partial charge on any atom is 0.123 e. The Morgan fingerprint density at radius 2 is 2.24 bits per heavy atom. The third kappa shape index (κ3) is 5.48. The van der Waals surface area contributed by atoms with Crippen molar-refractivity contribution in [1.82, 2.24) is 5.32 Å². The molecule has 1 aliphatic carbocycles. The predicted molar refractivity (Wildman–Crippen MR) is 86.1 cm³/mol. The summed E-state index contributed by atoms with van der Waals surface area (Å²) < 4.78 is 11.7. The summed E-state index contributed by atoms with van der Waals surface area (Å²) in [7, 11) is 0. The third-order valence-electron chi connectivity index (χ3n) is 4.46. The fourth-order valence-corrected chi connectivity index (χ4v) is 3.10. The smallest absolute Gasteiger partial charge is 0.123 e. The molecule has 1 saturated carbocycles. The molecule has 0 spiro atoms.